The van der Waals surface area contributed by atoms with Crippen molar-refractivity contribution in [3.8, 4) is 5.75 Å². The summed E-state index contributed by atoms with van der Waals surface area (Å²) in [6.45, 7) is 0.0424. The standard InChI is InChI=1S/C14H17NO7S/c1-21-11-7-9(14(18)22-2)3-4-12(11)23(19,20)15-6-5-10(8-15)13(16)17/h3-4,7,10H,5-6,8H2,1-2H3,(H,16,17). The molecule has 1 heterocycles. The molecule has 0 spiro atoms. The van der Waals surface area contributed by atoms with Gasteiger partial charge in [-0.2, -0.15) is 4.31 Å². The zero-order chi connectivity index (χ0) is 17.2. The van der Waals surface area contributed by atoms with Crippen LogP contribution >= 0.6 is 0 Å². The van der Waals surface area contributed by atoms with E-state index in [1.54, 1.807) is 0 Å². The van der Waals surface area contributed by atoms with E-state index in [1.165, 1.54) is 32.4 Å². The highest BCUT2D eigenvalue weighted by Crippen LogP contribution is 2.31. The van der Waals surface area contributed by atoms with Crippen LogP contribution in [0.1, 0.15) is 16.8 Å². The Labute approximate surface area is 133 Å². The molecule has 1 aromatic rings. The summed E-state index contributed by atoms with van der Waals surface area (Å²) in [7, 11) is -1.40. The van der Waals surface area contributed by atoms with Crippen LogP contribution in [0.4, 0.5) is 0 Å². The van der Waals surface area contributed by atoms with Gasteiger partial charge >= 0.3 is 11.9 Å². The van der Waals surface area contributed by atoms with Crippen LogP contribution in [0, 0.1) is 5.92 Å². The van der Waals surface area contributed by atoms with E-state index >= 15 is 0 Å². The molecular formula is C14H17NO7S. The third kappa shape index (κ3) is 3.30. The van der Waals surface area contributed by atoms with Crippen molar-refractivity contribution in [2.24, 2.45) is 5.92 Å². The van der Waals surface area contributed by atoms with Gasteiger partial charge in [-0.05, 0) is 24.6 Å². The molecule has 0 amide bonds. The van der Waals surface area contributed by atoms with Crippen LogP contribution in [-0.2, 0) is 19.6 Å². The van der Waals surface area contributed by atoms with Crippen LogP contribution in [0.5, 0.6) is 5.75 Å². The summed E-state index contributed by atoms with van der Waals surface area (Å²) >= 11 is 0. The van der Waals surface area contributed by atoms with Gasteiger partial charge in [0.25, 0.3) is 0 Å². The smallest absolute Gasteiger partial charge is 0.337 e. The number of rotatable bonds is 5. The molecule has 1 atom stereocenters. The molecule has 1 saturated heterocycles. The molecule has 1 aliphatic rings. The molecule has 126 valence electrons. The number of carboxylic acid groups (broad SMARTS) is 1. The molecule has 0 aromatic heterocycles. The maximum absolute atomic E-state index is 12.7. The molecule has 1 N–H and O–H groups in total. The number of ether oxygens (including phenoxy) is 2. The van der Waals surface area contributed by atoms with E-state index in [2.05, 4.69) is 4.74 Å². The third-order valence-electron chi connectivity index (χ3n) is 3.70. The molecule has 23 heavy (non-hydrogen) atoms. The van der Waals surface area contributed by atoms with E-state index in [-0.39, 0.29) is 35.7 Å². The summed E-state index contributed by atoms with van der Waals surface area (Å²) in [4.78, 5) is 22.4. The van der Waals surface area contributed by atoms with Crippen molar-refractivity contribution in [3.05, 3.63) is 23.8 Å². The second-order valence-corrected chi connectivity index (χ2v) is 6.95. The quantitative estimate of drug-likeness (QED) is 0.778. The molecule has 1 unspecified atom stereocenters. The number of sulfonamides is 1. The van der Waals surface area contributed by atoms with E-state index in [0.717, 1.165) is 4.31 Å². The first-order valence-corrected chi connectivity index (χ1v) is 8.24. The molecule has 1 aliphatic heterocycles. The van der Waals surface area contributed by atoms with Gasteiger partial charge in [0, 0.05) is 13.1 Å². The molecule has 8 nitrogen and oxygen atoms in total. The van der Waals surface area contributed by atoms with Gasteiger partial charge in [-0.1, -0.05) is 0 Å². The summed E-state index contributed by atoms with van der Waals surface area (Å²) in [5.74, 6) is -2.34. The molecule has 9 heteroatoms. The second-order valence-electron chi connectivity index (χ2n) is 5.04. The van der Waals surface area contributed by atoms with E-state index in [4.69, 9.17) is 9.84 Å². The third-order valence-corrected chi connectivity index (χ3v) is 5.61. The van der Waals surface area contributed by atoms with Crippen molar-refractivity contribution in [1.29, 1.82) is 0 Å². The lowest BCUT2D eigenvalue weighted by atomic mass is 10.1. The van der Waals surface area contributed by atoms with E-state index in [0.29, 0.717) is 0 Å². The first kappa shape index (κ1) is 17.2. The Morgan fingerprint density at radius 3 is 2.52 bits per heavy atom. The Morgan fingerprint density at radius 1 is 1.30 bits per heavy atom. The van der Waals surface area contributed by atoms with Crippen LogP contribution in [0.15, 0.2) is 23.1 Å². The average molecular weight is 343 g/mol. The zero-order valence-electron chi connectivity index (χ0n) is 12.7. The molecular weight excluding hydrogens is 326 g/mol. The fourth-order valence-corrected chi connectivity index (χ4v) is 4.05. The Kier molecular flexibility index (Phi) is 4.90. The number of nitrogens with zero attached hydrogens (tertiary/aromatic N) is 1. The molecule has 0 bridgehead atoms. The number of hydrogen-bond donors (Lipinski definition) is 1. The number of aliphatic carboxylic acids is 1. The Balaban J connectivity index is 2.37. The van der Waals surface area contributed by atoms with Gasteiger partial charge in [-0.15, -0.1) is 0 Å². The maximum Gasteiger partial charge on any atom is 0.337 e. The maximum atomic E-state index is 12.7. The summed E-state index contributed by atoms with van der Waals surface area (Å²) in [5, 5.41) is 9.00. The van der Waals surface area contributed by atoms with Crippen molar-refractivity contribution in [2.75, 3.05) is 27.3 Å². The lowest BCUT2D eigenvalue weighted by Gasteiger charge is -2.18. The summed E-state index contributed by atoms with van der Waals surface area (Å²) in [6, 6.07) is 3.87. The van der Waals surface area contributed by atoms with Crippen LogP contribution in [0.2, 0.25) is 0 Å². The monoisotopic (exact) mass is 343 g/mol. The van der Waals surface area contributed by atoms with Gasteiger partial charge in [-0.25, -0.2) is 13.2 Å². The molecule has 1 aromatic carbocycles. The van der Waals surface area contributed by atoms with Crippen molar-refractivity contribution in [1.82, 2.24) is 4.31 Å². The molecule has 0 aliphatic carbocycles. The lowest BCUT2D eigenvalue weighted by molar-refractivity contribution is -0.141. The van der Waals surface area contributed by atoms with Crippen LogP contribution in [0.25, 0.3) is 0 Å². The van der Waals surface area contributed by atoms with Gasteiger partial charge in [0.15, 0.2) is 0 Å². The normalized spacial score (nSPS) is 18.6. The number of carbonyl (C=O) groups is 2. The molecule has 2 rings (SSSR count). The minimum atomic E-state index is -3.90. The first-order chi connectivity index (χ1) is 10.8. The predicted octanol–water partition coefficient (Wildman–Crippen LogP) is 0.577. The Bertz CT molecular complexity index is 729. The SMILES string of the molecule is COC(=O)c1ccc(S(=O)(=O)N2CCC(C(=O)O)C2)c(OC)c1. The molecule has 0 radical (unpaired) electrons. The van der Waals surface area contributed by atoms with Gasteiger partial charge in [0.1, 0.15) is 10.6 Å². The lowest BCUT2D eigenvalue weighted by Crippen LogP contribution is -2.30. The van der Waals surface area contributed by atoms with Gasteiger partial charge in [-0.3, -0.25) is 4.79 Å². The van der Waals surface area contributed by atoms with E-state index in [9.17, 15) is 18.0 Å². The number of methoxy groups -OCH3 is 2. The average Bonchev–Trinajstić information content (AvgIpc) is 3.04. The van der Waals surface area contributed by atoms with Crippen molar-refractivity contribution < 1.29 is 32.6 Å². The van der Waals surface area contributed by atoms with Gasteiger partial charge in [0.2, 0.25) is 10.0 Å². The number of hydrogen-bond acceptors (Lipinski definition) is 6. The van der Waals surface area contributed by atoms with E-state index < -0.39 is 27.9 Å². The van der Waals surface area contributed by atoms with Crippen LogP contribution in [-0.4, -0.2) is 57.1 Å². The highest BCUT2D eigenvalue weighted by atomic mass is 32.2. The summed E-state index contributed by atoms with van der Waals surface area (Å²) in [5.41, 5.74) is 0.160. The fourth-order valence-electron chi connectivity index (χ4n) is 2.41. The minimum absolute atomic E-state index is 0.00618. The van der Waals surface area contributed by atoms with Crippen molar-refractivity contribution in [2.45, 2.75) is 11.3 Å². The highest BCUT2D eigenvalue weighted by molar-refractivity contribution is 7.89. The van der Waals surface area contributed by atoms with Crippen molar-refractivity contribution in [3.63, 3.8) is 0 Å². The number of carboxylic acids is 1. The second kappa shape index (κ2) is 6.55. The van der Waals surface area contributed by atoms with E-state index in [1.807, 2.05) is 0 Å². The van der Waals surface area contributed by atoms with Crippen LogP contribution < -0.4 is 4.74 Å². The topological polar surface area (TPSA) is 110 Å². The summed E-state index contributed by atoms with van der Waals surface area (Å²) < 4.78 is 36.1. The Hall–Kier alpha value is -2.13. The number of carbonyl (C=O) groups excluding carboxylic acids is 1. The fraction of sp³-hybridized carbons (Fsp3) is 0.429. The molecule has 1 fully saturated rings. The predicted molar refractivity (Wildman–Crippen MR) is 78.8 cm³/mol. The first-order valence-electron chi connectivity index (χ1n) is 6.80. The van der Waals surface area contributed by atoms with Gasteiger partial charge in [0.05, 0.1) is 25.7 Å². The number of esters is 1. The number of benzene rings is 1. The minimum Gasteiger partial charge on any atom is -0.495 e. The van der Waals surface area contributed by atoms with Gasteiger partial charge < -0.3 is 14.6 Å². The molecule has 0 saturated carbocycles. The van der Waals surface area contributed by atoms with Crippen molar-refractivity contribution >= 4 is 22.0 Å². The van der Waals surface area contributed by atoms with Crippen LogP contribution in [0.3, 0.4) is 0 Å². The largest absolute Gasteiger partial charge is 0.495 e. The Morgan fingerprint density at radius 2 is 2.00 bits per heavy atom. The summed E-state index contributed by atoms with van der Waals surface area (Å²) in [6.07, 6.45) is 0.261. The highest BCUT2D eigenvalue weighted by Gasteiger charge is 2.37. The zero-order valence-corrected chi connectivity index (χ0v) is 13.5.